The van der Waals surface area contributed by atoms with E-state index in [2.05, 4.69) is 20.3 Å². The second kappa shape index (κ2) is 13.8. The van der Waals surface area contributed by atoms with Gasteiger partial charge in [0, 0.05) is 30.5 Å². The van der Waals surface area contributed by atoms with E-state index in [-0.39, 0.29) is 31.2 Å². The number of allylic oxidation sites excluding steroid dienone is 1. The first kappa shape index (κ1) is 34.2. The highest BCUT2D eigenvalue weighted by atomic mass is 32.2. The van der Waals surface area contributed by atoms with Crippen LogP contribution in [0.4, 0.5) is 0 Å². The zero-order chi connectivity index (χ0) is 34.9. The minimum absolute atomic E-state index is 0.153. The maximum atomic E-state index is 14.5. The molecule has 0 radical (unpaired) electrons. The van der Waals surface area contributed by atoms with E-state index in [1.165, 1.54) is 0 Å². The Morgan fingerprint density at radius 1 is 1.04 bits per heavy atom. The van der Waals surface area contributed by atoms with Crippen LogP contribution in [0.1, 0.15) is 70.3 Å². The van der Waals surface area contributed by atoms with Gasteiger partial charge in [0.15, 0.2) is 0 Å². The summed E-state index contributed by atoms with van der Waals surface area (Å²) in [6, 6.07) is 18.0. The molecule has 0 spiro atoms. The average molecular weight is 700 g/mol. The third-order valence-electron chi connectivity index (χ3n) is 10.8. The fraction of sp³-hybridized carbons (Fsp3) is 0.474. The Labute approximate surface area is 293 Å². The molecule has 0 unspecified atom stereocenters. The van der Waals surface area contributed by atoms with Crippen LogP contribution in [0.5, 0.6) is 5.88 Å². The standard InChI is InChI=1S/C38H45N5O6S/c1-37(19-20-37)50(47,48)42-36(46)38-23-28(38)15-8-3-2-4-9-17-31(40-24-26-12-6-5-7-13-26)35(45)43-25-29(22-32(43)33(44)41-38)49-34-30-16-11-10-14-27(30)18-21-39-34/h5-8,10-16,18,21,28-29,31-32,40H,2-4,9,17,19-20,22-25H2,1H3,(H,41,44)(H,42,46)/b15-8-/t28-,29+,31-,32-,38+/m0/s1. The fourth-order valence-corrected chi connectivity index (χ4v) is 8.49. The number of carbonyl (C=O) groups is 3. The van der Waals surface area contributed by atoms with Crippen molar-refractivity contribution in [3.05, 3.63) is 84.6 Å². The molecule has 264 valence electrons. The Bertz CT molecular complexity index is 1890. The first-order valence-electron chi connectivity index (χ1n) is 17.7. The monoisotopic (exact) mass is 699 g/mol. The molecule has 3 fully saturated rings. The van der Waals surface area contributed by atoms with E-state index in [4.69, 9.17) is 4.74 Å². The van der Waals surface area contributed by atoms with Crippen molar-refractivity contribution in [1.82, 2.24) is 25.2 Å². The van der Waals surface area contributed by atoms with Crippen LogP contribution in [0.25, 0.3) is 10.8 Å². The number of pyridine rings is 1. The predicted octanol–water partition coefficient (Wildman–Crippen LogP) is 4.14. The largest absolute Gasteiger partial charge is 0.472 e. The molecule has 11 nitrogen and oxygen atoms in total. The van der Waals surface area contributed by atoms with Crippen molar-refractivity contribution < 1.29 is 27.5 Å². The van der Waals surface area contributed by atoms with Gasteiger partial charge >= 0.3 is 0 Å². The van der Waals surface area contributed by atoms with Crippen LogP contribution in [0, 0.1) is 5.92 Å². The van der Waals surface area contributed by atoms with Crippen LogP contribution in [0.2, 0.25) is 0 Å². The van der Waals surface area contributed by atoms with E-state index in [1.54, 1.807) is 18.0 Å². The number of ether oxygens (including phenoxy) is 1. The smallest absolute Gasteiger partial charge is 0.259 e. The van der Waals surface area contributed by atoms with Crippen LogP contribution in [0.15, 0.2) is 79.0 Å². The van der Waals surface area contributed by atoms with Crippen molar-refractivity contribution in [2.45, 2.75) is 99.7 Å². The van der Waals surface area contributed by atoms with E-state index in [1.807, 2.05) is 72.8 Å². The topological polar surface area (TPSA) is 147 Å². The molecular formula is C38H45N5O6S. The summed E-state index contributed by atoms with van der Waals surface area (Å²) in [5, 5.41) is 8.21. The summed E-state index contributed by atoms with van der Waals surface area (Å²) in [5.74, 6) is -1.39. The average Bonchev–Trinajstić information content (AvgIpc) is 3.99. The lowest BCUT2D eigenvalue weighted by atomic mass is 10.0. The van der Waals surface area contributed by atoms with Crippen LogP contribution in [-0.2, 0) is 31.0 Å². The van der Waals surface area contributed by atoms with Crippen LogP contribution >= 0.6 is 0 Å². The van der Waals surface area contributed by atoms with E-state index in [0.29, 0.717) is 31.7 Å². The molecule has 3 N–H and O–H groups in total. The van der Waals surface area contributed by atoms with E-state index >= 15 is 0 Å². The van der Waals surface area contributed by atoms with Crippen LogP contribution in [0.3, 0.4) is 0 Å². The van der Waals surface area contributed by atoms with Crippen molar-refractivity contribution >= 4 is 38.5 Å². The number of nitrogens with zero attached hydrogens (tertiary/aromatic N) is 2. The molecule has 1 aromatic heterocycles. The summed E-state index contributed by atoms with van der Waals surface area (Å²) in [5.41, 5.74) is -0.384. The molecule has 1 saturated heterocycles. The fourth-order valence-electron chi connectivity index (χ4n) is 7.18. The molecule has 4 aliphatic rings. The summed E-state index contributed by atoms with van der Waals surface area (Å²) in [6.45, 7) is 2.26. The van der Waals surface area contributed by atoms with Gasteiger partial charge in [0.1, 0.15) is 17.7 Å². The summed E-state index contributed by atoms with van der Waals surface area (Å²) < 4.78 is 34.0. The number of nitrogens with one attached hydrogen (secondary N) is 3. The molecule has 3 heterocycles. The maximum absolute atomic E-state index is 14.5. The molecule has 3 aromatic rings. The SMILES string of the molecule is CC1(S(=O)(=O)NC(=O)[C@@]23C[C@@H]2/C=C\CCCCC[C@H](NCc2ccccc2)C(=O)N2C[C@H](Oc4nccc5ccccc45)C[C@H]2C(=O)N3)CC1. The maximum Gasteiger partial charge on any atom is 0.259 e. The molecule has 2 aliphatic carbocycles. The lowest BCUT2D eigenvalue weighted by molar-refractivity contribution is -0.141. The molecule has 2 saturated carbocycles. The number of aromatic nitrogens is 1. The molecule has 7 rings (SSSR count). The van der Waals surface area contributed by atoms with Crippen molar-refractivity contribution in [3.63, 3.8) is 0 Å². The summed E-state index contributed by atoms with van der Waals surface area (Å²) >= 11 is 0. The molecule has 0 bridgehead atoms. The number of rotatable bonds is 8. The molecule has 5 atom stereocenters. The first-order chi connectivity index (χ1) is 24.1. The van der Waals surface area contributed by atoms with Gasteiger partial charge in [-0.2, -0.15) is 0 Å². The summed E-state index contributed by atoms with van der Waals surface area (Å²) in [6.07, 6.45) is 10.5. The number of sulfonamides is 1. The van der Waals surface area contributed by atoms with Crippen LogP contribution in [-0.4, -0.2) is 71.0 Å². The second-order valence-electron chi connectivity index (χ2n) is 14.5. The van der Waals surface area contributed by atoms with Gasteiger partial charge in [-0.3, -0.25) is 19.1 Å². The number of hydrogen-bond acceptors (Lipinski definition) is 8. The highest BCUT2D eigenvalue weighted by Crippen LogP contribution is 2.47. The quantitative estimate of drug-likeness (QED) is 0.298. The van der Waals surface area contributed by atoms with E-state index in [0.717, 1.165) is 42.0 Å². The Balaban J connectivity index is 1.18. The van der Waals surface area contributed by atoms with Gasteiger partial charge in [-0.05, 0) is 68.5 Å². The molecular weight excluding hydrogens is 655 g/mol. The minimum atomic E-state index is -3.93. The number of benzene rings is 2. The van der Waals surface area contributed by atoms with Gasteiger partial charge in [0.2, 0.25) is 27.7 Å². The van der Waals surface area contributed by atoms with E-state index < -0.39 is 50.3 Å². The normalized spacial score (nSPS) is 28.7. The molecule has 2 aliphatic heterocycles. The molecule has 12 heteroatoms. The third kappa shape index (κ3) is 7.00. The minimum Gasteiger partial charge on any atom is -0.472 e. The van der Waals surface area contributed by atoms with Gasteiger partial charge in [0.25, 0.3) is 5.91 Å². The van der Waals surface area contributed by atoms with Crippen molar-refractivity contribution in [2.24, 2.45) is 5.92 Å². The summed E-state index contributed by atoms with van der Waals surface area (Å²) in [4.78, 5) is 48.7. The van der Waals surface area contributed by atoms with Crippen LogP contribution < -0.4 is 20.1 Å². The van der Waals surface area contributed by atoms with Gasteiger partial charge < -0.3 is 20.3 Å². The zero-order valence-electron chi connectivity index (χ0n) is 28.3. The number of carbonyl (C=O) groups excluding carboxylic acids is 3. The second-order valence-corrected chi connectivity index (χ2v) is 16.7. The zero-order valence-corrected chi connectivity index (χ0v) is 29.2. The van der Waals surface area contributed by atoms with Gasteiger partial charge in [0.05, 0.1) is 17.3 Å². The molecule has 3 amide bonds. The van der Waals surface area contributed by atoms with Gasteiger partial charge in [-0.15, -0.1) is 0 Å². The lowest BCUT2D eigenvalue weighted by Gasteiger charge is -2.30. The van der Waals surface area contributed by atoms with Gasteiger partial charge in [-0.1, -0.05) is 73.5 Å². The Hall–Kier alpha value is -4.29. The Kier molecular flexibility index (Phi) is 9.42. The third-order valence-corrected chi connectivity index (χ3v) is 12.9. The number of hydrogen-bond donors (Lipinski definition) is 3. The first-order valence-corrected chi connectivity index (χ1v) is 19.2. The van der Waals surface area contributed by atoms with Crippen molar-refractivity contribution in [2.75, 3.05) is 6.54 Å². The van der Waals surface area contributed by atoms with E-state index in [9.17, 15) is 22.8 Å². The summed E-state index contributed by atoms with van der Waals surface area (Å²) in [7, 11) is -3.93. The van der Waals surface area contributed by atoms with Crippen molar-refractivity contribution in [3.8, 4) is 5.88 Å². The van der Waals surface area contributed by atoms with Crippen molar-refractivity contribution in [1.29, 1.82) is 0 Å². The highest BCUT2D eigenvalue weighted by molar-refractivity contribution is 7.91. The molecule has 50 heavy (non-hydrogen) atoms. The Morgan fingerprint density at radius 3 is 2.62 bits per heavy atom. The van der Waals surface area contributed by atoms with Gasteiger partial charge in [-0.25, -0.2) is 13.4 Å². The number of fused-ring (bicyclic) bond motifs is 3. The highest BCUT2D eigenvalue weighted by Gasteiger charge is 2.63. The lowest BCUT2D eigenvalue weighted by Crippen LogP contribution is -2.58. The Morgan fingerprint density at radius 2 is 1.82 bits per heavy atom. The predicted molar refractivity (Wildman–Crippen MR) is 189 cm³/mol. The molecule has 2 aromatic carbocycles. The number of amides is 3.